The first kappa shape index (κ1) is 42.7. The number of amidine groups is 1. The maximum Gasteiger partial charge on any atom is 0.293 e. The van der Waals surface area contributed by atoms with Crippen LogP contribution in [0.1, 0.15) is 72.1 Å². The van der Waals surface area contributed by atoms with Crippen molar-refractivity contribution in [1.29, 1.82) is 0 Å². The summed E-state index contributed by atoms with van der Waals surface area (Å²) in [5.74, 6) is -12.4. The van der Waals surface area contributed by atoms with Crippen LogP contribution in [0.25, 0.3) is 16.7 Å². The monoisotopic (exact) mass is 883 g/mol. The molecule has 22 heteroatoms. The molecule has 3 aromatic heterocycles. The van der Waals surface area contributed by atoms with Crippen molar-refractivity contribution in [3.63, 3.8) is 0 Å². The summed E-state index contributed by atoms with van der Waals surface area (Å²) < 4.78 is 127. The van der Waals surface area contributed by atoms with E-state index in [2.05, 4.69) is 30.1 Å². The summed E-state index contributed by atoms with van der Waals surface area (Å²) in [6.07, 6.45) is -2.78. The molecule has 3 unspecified atom stereocenters. The van der Waals surface area contributed by atoms with Crippen molar-refractivity contribution in [3.05, 3.63) is 103 Å². The summed E-state index contributed by atoms with van der Waals surface area (Å²) in [6.45, 7) is -0.783. The molecule has 2 aliphatic carbocycles. The molecule has 0 saturated heterocycles. The van der Waals surface area contributed by atoms with Crippen molar-refractivity contribution in [1.82, 2.24) is 29.6 Å². The topological polar surface area (TPSA) is 154 Å². The van der Waals surface area contributed by atoms with E-state index in [9.17, 15) is 35.9 Å². The molecule has 2 aromatic carbocycles. The minimum atomic E-state index is -3.56. The number of benzene rings is 2. The Kier molecular flexibility index (Phi) is 11.5. The first-order chi connectivity index (χ1) is 28.3. The van der Waals surface area contributed by atoms with Crippen LogP contribution in [-0.4, -0.2) is 61.9 Å². The van der Waals surface area contributed by atoms with Crippen LogP contribution in [0.15, 0.2) is 51.7 Å². The third-order valence-corrected chi connectivity index (χ3v) is 10.8. The van der Waals surface area contributed by atoms with Gasteiger partial charge in [0, 0.05) is 49.8 Å². The molecule has 3 heterocycles. The zero-order chi connectivity index (χ0) is 43.4. The number of nitrogens with one attached hydrogen (secondary N) is 2. The predicted octanol–water partition coefficient (Wildman–Crippen LogP) is 7.60. The van der Waals surface area contributed by atoms with E-state index in [1.165, 1.54) is 31.3 Å². The largest absolute Gasteiger partial charge is 0.477 e. The quantitative estimate of drug-likeness (QED) is 0.0418. The number of pyridine rings is 1. The number of fused-ring (bicyclic) bond motifs is 4. The zero-order valence-corrected chi connectivity index (χ0v) is 33.3. The number of amides is 1. The third kappa shape index (κ3) is 8.20. The fraction of sp³-hybridized carbons (Fsp3) is 0.368. The normalized spacial score (nSPS) is 17.4. The van der Waals surface area contributed by atoms with Gasteiger partial charge in [0.2, 0.25) is 17.7 Å². The molecule has 1 fully saturated rings. The number of ether oxygens (including phenoxy) is 1. The van der Waals surface area contributed by atoms with Gasteiger partial charge in [-0.2, -0.15) is 23.3 Å². The fourth-order valence-corrected chi connectivity index (χ4v) is 8.02. The number of alkyl halides is 6. The minimum absolute atomic E-state index is 0.0171. The van der Waals surface area contributed by atoms with Gasteiger partial charge >= 0.3 is 0 Å². The van der Waals surface area contributed by atoms with Gasteiger partial charge in [-0.25, -0.2) is 31.3 Å². The highest BCUT2D eigenvalue weighted by molar-refractivity contribution is 7.97. The number of anilines is 1. The molecule has 7 rings (SSSR count). The molecule has 12 nitrogen and oxygen atoms in total. The molecule has 60 heavy (non-hydrogen) atoms. The van der Waals surface area contributed by atoms with E-state index < -0.39 is 96.6 Å². The van der Waals surface area contributed by atoms with Crippen LogP contribution in [-0.2, 0) is 23.7 Å². The fourth-order valence-electron chi connectivity index (χ4n) is 7.47. The van der Waals surface area contributed by atoms with Gasteiger partial charge in [-0.05, 0) is 67.1 Å². The molecule has 3 atom stereocenters. The smallest absolute Gasteiger partial charge is 0.293 e. The highest BCUT2D eigenvalue weighted by Crippen LogP contribution is 2.68. The summed E-state index contributed by atoms with van der Waals surface area (Å²) in [4.78, 5) is 37.6. The lowest BCUT2D eigenvalue weighted by Gasteiger charge is -2.25. The molecule has 0 radical (unpaired) electrons. The first-order valence-corrected chi connectivity index (χ1v) is 19.7. The van der Waals surface area contributed by atoms with Gasteiger partial charge < -0.3 is 21.1 Å². The second kappa shape index (κ2) is 16.2. The minimum Gasteiger partial charge on any atom is -0.477 e. The Labute approximate surface area is 344 Å². The number of hydrogen-bond acceptors (Lipinski definition) is 9. The summed E-state index contributed by atoms with van der Waals surface area (Å²) in [7, 11) is 1.49. The lowest BCUT2D eigenvalue weighted by Crippen LogP contribution is -2.38. The standard InChI is InChI=1S/C38H34ClF8N9O3S/c1-37(44,45)8-9-59-26-7-4-19-34(51-26)52-35(56(36(19)58)24-6-5-22(39)28(29(24)49-2)33(48)54-60-3)23(12-16-10-17(40)13-18(41)11-16)50-25(57)15-55-31-27(30(53-55)32(42)43)20-14-21(20)38(31,46)47/h4-7,10-11,13,20-21,23,32,49H,8-9,12,14-15H2,1-3H3,(H2,48,54)(H,50,57). The molecule has 1 saturated carbocycles. The summed E-state index contributed by atoms with van der Waals surface area (Å²) >= 11 is 7.59. The highest BCUT2D eigenvalue weighted by atomic mass is 35.5. The molecule has 0 spiro atoms. The van der Waals surface area contributed by atoms with E-state index in [0.717, 1.165) is 28.6 Å². The van der Waals surface area contributed by atoms with Crippen LogP contribution in [0.4, 0.5) is 40.8 Å². The van der Waals surface area contributed by atoms with E-state index in [0.29, 0.717) is 17.7 Å². The number of aromatic nitrogens is 5. The molecule has 0 bridgehead atoms. The number of hydrogen-bond donors (Lipinski definition) is 3. The second-order valence-electron chi connectivity index (χ2n) is 14.3. The molecular formula is C38H34ClF8N9O3S. The van der Waals surface area contributed by atoms with Crippen molar-refractivity contribution in [2.45, 2.75) is 63.0 Å². The molecule has 4 N–H and O–H groups in total. The molecule has 1 amide bonds. The number of nitrogens with two attached hydrogens (primary N) is 1. The first-order valence-electron chi connectivity index (χ1n) is 18.2. The van der Waals surface area contributed by atoms with Gasteiger partial charge in [-0.3, -0.25) is 18.8 Å². The average molecular weight is 884 g/mol. The summed E-state index contributed by atoms with van der Waals surface area (Å²) in [6, 6.07) is 6.24. The molecule has 2 aliphatic rings. The van der Waals surface area contributed by atoms with E-state index in [4.69, 9.17) is 22.1 Å². The molecule has 5 aromatic rings. The Morgan fingerprint density at radius 1 is 1.15 bits per heavy atom. The molecule has 318 valence electrons. The van der Waals surface area contributed by atoms with E-state index in [-0.39, 0.29) is 68.1 Å². The Bertz CT molecular complexity index is 2580. The summed E-state index contributed by atoms with van der Waals surface area (Å²) in [5, 5.41) is 9.20. The summed E-state index contributed by atoms with van der Waals surface area (Å²) in [5.41, 5.74) is 3.38. The van der Waals surface area contributed by atoms with Crippen molar-refractivity contribution in [2.75, 3.05) is 25.2 Å². The Morgan fingerprint density at radius 2 is 1.87 bits per heavy atom. The van der Waals surface area contributed by atoms with Gasteiger partial charge in [0.1, 0.15) is 41.2 Å². The van der Waals surface area contributed by atoms with Crippen LogP contribution in [0.2, 0.25) is 5.02 Å². The molecule has 0 aliphatic heterocycles. The van der Waals surface area contributed by atoms with Crippen molar-refractivity contribution in [2.24, 2.45) is 16.0 Å². The Balaban J connectivity index is 1.41. The number of rotatable bonds is 15. The average Bonchev–Trinajstić information content (AvgIpc) is 3.82. The van der Waals surface area contributed by atoms with Crippen LogP contribution in [0, 0.1) is 17.6 Å². The van der Waals surface area contributed by atoms with Gasteiger partial charge in [0.15, 0.2) is 5.65 Å². The SMILES string of the molecule is CNc1c(-n2c(C(Cc3cc(F)cc(F)c3)NC(=O)Cn3nc(C(F)F)c4c3C(F)(F)C3CC43)nc3nc(OCCC(C)(F)F)ccc3c2=O)ccc(Cl)c1C(N)=NSC. The van der Waals surface area contributed by atoms with Gasteiger partial charge in [-0.15, -0.1) is 0 Å². The number of nitrogens with zero attached hydrogens (tertiary/aromatic N) is 6. The van der Waals surface area contributed by atoms with E-state index >= 15 is 8.78 Å². The van der Waals surface area contributed by atoms with Crippen LogP contribution in [0.5, 0.6) is 5.88 Å². The second-order valence-corrected chi connectivity index (χ2v) is 15.3. The van der Waals surface area contributed by atoms with E-state index in [1.807, 2.05) is 0 Å². The highest BCUT2D eigenvalue weighted by Gasteiger charge is 2.67. The Morgan fingerprint density at radius 3 is 2.52 bits per heavy atom. The number of carbonyl (C=O) groups excluding carboxylic acids is 1. The van der Waals surface area contributed by atoms with Gasteiger partial charge in [-0.1, -0.05) is 11.6 Å². The van der Waals surface area contributed by atoms with Crippen molar-refractivity contribution < 1.29 is 44.7 Å². The van der Waals surface area contributed by atoms with Crippen LogP contribution >= 0.6 is 23.5 Å². The van der Waals surface area contributed by atoms with Gasteiger partial charge in [0.25, 0.3) is 17.9 Å². The maximum atomic E-state index is 15.4. The van der Waals surface area contributed by atoms with Gasteiger partial charge in [0.05, 0.1) is 40.0 Å². The number of carbonyl (C=O) groups is 1. The molecular weight excluding hydrogens is 850 g/mol. The lowest BCUT2D eigenvalue weighted by atomic mass is 10.0. The lowest BCUT2D eigenvalue weighted by molar-refractivity contribution is -0.123. The van der Waals surface area contributed by atoms with Crippen LogP contribution in [0.3, 0.4) is 0 Å². The Hall–Kier alpha value is -5.44. The zero-order valence-electron chi connectivity index (χ0n) is 31.7. The number of halogens is 9. The third-order valence-electron chi connectivity index (χ3n) is 10.1. The van der Waals surface area contributed by atoms with Crippen LogP contribution < -0.4 is 26.7 Å². The predicted molar refractivity (Wildman–Crippen MR) is 208 cm³/mol. The van der Waals surface area contributed by atoms with Crippen molar-refractivity contribution in [3.8, 4) is 11.6 Å². The van der Waals surface area contributed by atoms with E-state index in [1.54, 1.807) is 6.26 Å². The maximum absolute atomic E-state index is 15.4. The van der Waals surface area contributed by atoms with Crippen molar-refractivity contribution >= 4 is 52.0 Å².